The van der Waals surface area contributed by atoms with Gasteiger partial charge in [-0.15, -0.1) is 0 Å². The van der Waals surface area contributed by atoms with Gasteiger partial charge in [-0.25, -0.2) is 0 Å². The Morgan fingerprint density at radius 1 is 1.25 bits per heavy atom. The Balaban J connectivity index is 3.25. The third-order valence-electron chi connectivity index (χ3n) is 1.50. The number of amides is 1. The molecule has 0 aromatic heterocycles. The van der Waals surface area contributed by atoms with Gasteiger partial charge < -0.3 is 10.1 Å². The van der Waals surface area contributed by atoms with Gasteiger partial charge >= 0.3 is 0 Å². The first-order valence-corrected chi connectivity index (χ1v) is 4.43. The van der Waals surface area contributed by atoms with E-state index in [9.17, 15) is 9.59 Å². The molecule has 70 valence electrons. The van der Waals surface area contributed by atoms with Gasteiger partial charge in [-0.1, -0.05) is 6.92 Å². The summed E-state index contributed by atoms with van der Waals surface area (Å²) in [6, 6.07) is 0. The Bertz CT molecular complexity index is 155. The van der Waals surface area contributed by atoms with Crippen LogP contribution >= 0.6 is 0 Å². The Kier molecular flexibility index (Phi) is 6.34. The molecule has 0 aromatic rings. The summed E-state index contributed by atoms with van der Waals surface area (Å²) in [5.41, 5.74) is 0. The van der Waals surface area contributed by atoms with Crippen LogP contribution in [0.3, 0.4) is 0 Å². The Labute approximate surface area is 73.5 Å². The zero-order chi connectivity index (χ0) is 9.40. The molecule has 0 saturated heterocycles. The van der Waals surface area contributed by atoms with Crippen LogP contribution in [0, 0.1) is 0 Å². The van der Waals surface area contributed by atoms with Crippen molar-refractivity contribution in [2.24, 2.45) is 0 Å². The van der Waals surface area contributed by atoms with E-state index in [4.69, 9.17) is 0 Å². The summed E-state index contributed by atoms with van der Waals surface area (Å²) in [5, 5.41) is 2.76. The Morgan fingerprint density at radius 3 is 2.42 bits per heavy atom. The number of Topliss-reactive ketones (excluding diaryl/α,β-unsaturated/α-hetero) is 1. The lowest BCUT2D eigenvalue weighted by Crippen LogP contribution is -2.23. The highest BCUT2D eigenvalue weighted by Gasteiger charge is 2.00. The second kappa shape index (κ2) is 6.83. The van der Waals surface area contributed by atoms with Crippen molar-refractivity contribution in [3.63, 3.8) is 0 Å². The van der Waals surface area contributed by atoms with Gasteiger partial charge in [-0.3, -0.25) is 4.79 Å². The molecule has 12 heavy (non-hydrogen) atoms. The summed E-state index contributed by atoms with van der Waals surface area (Å²) in [7, 11) is 0. The van der Waals surface area contributed by atoms with Crippen LogP contribution < -0.4 is 5.32 Å². The van der Waals surface area contributed by atoms with E-state index in [2.05, 4.69) is 5.32 Å². The largest absolute Gasteiger partial charge is 0.356 e. The van der Waals surface area contributed by atoms with Crippen LogP contribution in [-0.2, 0) is 9.59 Å². The van der Waals surface area contributed by atoms with Gasteiger partial charge in [-0.05, 0) is 19.8 Å². The summed E-state index contributed by atoms with van der Waals surface area (Å²) >= 11 is 0. The maximum atomic E-state index is 11.0. The molecule has 0 heterocycles. The summed E-state index contributed by atoms with van der Waals surface area (Å²) in [6.07, 6.45) is 2.61. The van der Waals surface area contributed by atoms with Crippen LogP contribution in [0.1, 0.15) is 39.5 Å². The van der Waals surface area contributed by atoms with E-state index in [1.807, 2.05) is 6.92 Å². The summed E-state index contributed by atoms with van der Waals surface area (Å²) in [5.74, 6) is 0.205. The second-order valence-corrected chi connectivity index (χ2v) is 2.91. The quantitative estimate of drug-likeness (QED) is 0.654. The standard InChI is InChI=1S/C9H17NO2/c1-3-7-10-9(12)6-4-5-8(2)11/h3-7H2,1-2H3,(H,10,12). The second-order valence-electron chi connectivity index (χ2n) is 2.91. The normalized spacial score (nSPS) is 9.50. The molecule has 0 saturated carbocycles. The van der Waals surface area contributed by atoms with E-state index in [0.717, 1.165) is 13.0 Å². The lowest BCUT2D eigenvalue weighted by molar-refractivity contribution is -0.121. The topological polar surface area (TPSA) is 46.2 Å². The van der Waals surface area contributed by atoms with E-state index < -0.39 is 0 Å². The molecular weight excluding hydrogens is 154 g/mol. The van der Waals surface area contributed by atoms with Crippen LogP contribution in [-0.4, -0.2) is 18.2 Å². The zero-order valence-electron chi connectivity index (χ0n) is 7.85. The highest BCUT2D eigenvalue weighted by atomic mass is 16.1. The monoisotopic (exact) mass is 171 g/mol. The van der Waals surface area contributed by atoms with E-state index in [1.165, 1.54) is 0 Å². The molecule has 0 bridgehead atoms. The highest BCUT2D eigenvalue weighted by Crippen LogP contribution is 1.95. The molecule has 0 fully saturated rings. The van der Waals surface area contributed by atoms with Gasteiger partial charge in [0.2, 0.25) is 5.91 Å². The van der Waals surface area contributed by atoms with Crippen LogP contribution in [0.15, 0.2) is 0 Å². The molecule has 0 spiro atoms. The number of carbonyl (C=O) groups excluding carboxylic acids is 2. The first-order chi connectivity index (χ1) is 5.66. The Hall–Kier alpha value is -0.860. The van der Waals surface area contributed by atoms with E-state index in [1.54, 1.807) is 6.92 Å². The van der Waals surface area contributed by atoms with E-state index >= 15 is 0 Å². The van der Waals surface area contributed by atoms with Gasteiger partial charge in [0.25, 0.3) is 0 Å². The lowest BCUT2D eigenvalue weighted by atomic mass is 10.2. The minimum Gasteiger partial charge on any atom is -0.356 e. The fourth-order valence-corrected chi connectivity index (χ4v) is 0.851. The van der Waals surface area contributed by atoms with Crippen molar-refractivity contribution in [2.45, 2.75) is 39.5 Å². The number of nitrogens with one attached hydrogen (secondary N) is 1. The molecule has 3 heteroatoms. The molecule has 0 radical (unpaired) electrons. The summed E-state index contributed by atoms with van der Waals surface area (Å²) in [4.78, 5) is 21.5. The third-order valence-corrected chi connectivity index (χ3v) is 1.50. The average molecular weight is 171 g/mol. The van der Waals surface area contributed by atoms with Crippen LogP contribution in [0.4, 0.5) is 0 Å². The molecule has 0 atom stereocenters. The molecular formula is C9H17NO2. The predicted molar refractivity (Wildman–Crippen MR) is 47.8 cm³/mol. The molecule has 0 aliphatic carbocycles. The maximum Gasteiger partial charge on any atom is 0.220 e. The number of rotatable bonds is 6. The number of hydrogen-bond donors (Lipinski definition) is 1. The van der Waals surface area contributed by atoms with Crippen molar-refractivity contribution in [3.05, 3.63) is 0 Å². The first-order valence-electron chi connectivity index (χ1n) is 4.43. The number of carbonyl (C=O) groups is 2. The zero-order valence-corrected chi connectivity index (χ0v) is 7.85. The molecule has 0 aliphatic rings. The van der Waals surface area contributed by atoms with Crippen molar-refractivity contribution in [3.8, 4) is 0 Å². The van der Waals surface area contributed by atoms with Crippen molar-refractivity contribution < 1.29 is 9.59 Å². The fourth-order valence-electron chi connectivity index (χ4n) is 0.851. The molecule has 0 aromatic carbocycles. The van der Waals surface area contributed by atoms with Crippen molar-refractivity contribution in [2.75, 3.05) is 6.54 Å². The molecule has 0 rings (SSSR count). The molecule has 0 unspecified atom stereocenters. The summed E-state index contributed by atoms with van der Waals surface area (Å²) < 4.78 is 0. The lowest BCUT2D eigenvalue weighted by Gasteiger charge is -2.01. The number of ketones is 1. The van der Waals surface area contributed by atoms with Gasteiger partial charge in [0, 0.05) is 19.4 Å². The molecule has 1 N–H and O–H groups in total. The smallest absolute Gasteiger partial charge is 0.220 e. The average Bonchev–Trinajstić information content (AvgIpc) is 2.00. The van der Waals surface area contributed by atoms with E-state index in [-0.39, 0.29) is 11.7 Å². The minimum absolute atomic E-state index is 0.0538. The van der Waals surface area contributed by atoms with Crippen LogP contribution in [0.5, 0.6) is 0 Å². The predicted octanol–water partition coefficient (Wildman–Crippen LogP) is 1.27. The SMILES string of the molecule is CCCNC(=O)CCCC(C)=O. The van der Waals surface area contributed by atoms with Crippen LogP contribution in [0.25, 0.3) is 0 Å². The van der Waals surface area contributed by atoms with Gasteiger partial charge in [0.05, 0.1) is 0 Å². The van der Waals surface area contributed by atoms with Crippen molar-refractivity contribution >= 4 is 11.7 Å². The Morgan fingerprint density at radius 2 is 1.92 bits per heavy atom. The third kappa shape index (κ3) is 7.25. The van der Waals surface area contributed by atoms with Crippen molar-refractivity contribution in [1.82, 2.24) is 5.32 Å². The van der Waals surface area contributed by atoms with Gasteiger partial charge in [0.15, 0.2) is 0 Å². The number of hydrogen-bond acceptors (Lipinski definition) is 2. The fraction of sp³-hybridized carbons (Fsp3) is 0.778. The first kappa shape index (κ1) is 11.1. The maximum absolute atomic E-state index is 11.0. The van der Waals surface area contributed by atoms with Gasteiger partial charge in [-0.2, -0.15) is 0 Å². The molecule has 0 aliphatic heterocycles. The van der Waals surface area contributed by atoms with Gasteiger partial charge in [0.1, 0.15) is 5.78 Å². The molecule has 3 nitrogen and oxygen atoms in total. The van der Waals surface area contributed by atoms with Crippen LogP contribution in [0.2, 0.25) is 0 Å². The highest BCUT2D eigenvalue weighted by molar-refractivity contribution is 5.78. The van der Waals surface area contributed by atoms with Crippen molar-refractivity contribution in [1.29, 1.82) is 0 Å². The summed E-state index contributed by atoms with van der Waals surface area (Å²) in [6.45, 7) is 4.29. The molecule has 1 amide bonds. The van der Waals surface area contributed by atoms with E-state index in [0.29, 0.717) is 19.3 Å². The minimum atomic E-state index is 0.0538.